The molecule has 0 saturated carbocycles. The van der Waals surface area contributed by atoms with Crippen LogP contribution in [0.15, 0.2) is 71.4 Å². The van der Waals surface area contributed by atoms with Gasteiger partial charge in [0.15, 0.2) is 0 Å². The molecule has 0 aliphatic carbocycles. The Kier molecular flexibility index (Phi) is 6.53. The molecule has 0 bridgehead atoms. The van der Waals surface area contributed by atoms with E-state index in [9.17, 15) is 0 Å². The lowest BCUT2D eigenvalue weighted by atomic mass is 10.1. The quantitative estimate of drug-likeness (QED) is 0.352. The fourth-order valence-electron chi connectivity index (χ4n) is 4.44. The van der Waals surface area contributed by atoms with Crippen molar-refractivity contribution in [3.63, 3.8) is 0 Å². The number of furan rings is 1. The van der Waals surface area contributed by atoms with E-state index in [1.165, 1.54) is 37.9 Å². The number of hydrogen-bond donors (Lipinski definition) is 2. The van der Waals surface area contributed by atoms with Crippen LogP contribution in [-0.2, 0) is 0 Å². The van der Waals surface area contributed by atoms with Crippen LogP contribution < -0.4 is 10.6 Å². The Balaban J connectivity index is 1.26. The average molecular weight is 442 g/mol. The summed E-state index contributed by atoms with van der Waals surface area (Å²) in [5, 5.41) is 7.93. The molecular formula is C27H31N5O. The molecule has 1 fully saturated rings. The van der Waals surface area contributed by atoms with Gasteiger partial charge in [0.1, 0.15) is 17.9 Å². The number of piperidine rings is 1. The highest BCUT2D eigenvalue weighted by Crippen LogP contribution is 2.32. The Morgan fingerprint density at radius 2 is 1.76 bits per heavy atom. The van der Waals surface area contributed by atoms with Gasteiger partial charge in [-0.3, -0.25) is 0 Å². The van der Waals surface area contributed by atoms with Crippen molar-refractivity contribution in [3.05, 3.63) is 72.6 Å². The van der Waals surface area contributed by atoms with E-state index in [-0.39, 0.29) is 6.04 Å². The standard InChI is InChI=1S/C27H31N5O/c1-20(21-8-4-2-5-9-21)31-26-24-18-25(33-27(24)30-19-29-26)22-10-12-23(13-11-22)28-14-17-32-15-6-3-7-16-32/h2,4-5,8-13,18-20,28H,3,6-7,14-17H2,1H3,(H,29,30,31)/t20-/m1/s1. The number of nitrogens with one attached hydrogen (secondary N) is 2. The van der Waals surface area contributed by atoms with Crippen LogP contribution in [0.5, 0.6) is 0 Å². The van der Waals surface area contributed by atoms with E-state index in [0.717, 1.165) is 41.3 Å². The first kappa shape index (κ1) is 21.5. The molecule has 170 valence electrons. The van der Waals surface area contributed by atoms with Crippen molar-refractivity contribution in [1.29, 1.82) is 0 Å². The maximum absolute atomic E-state index is 6.06. The molecule has 2 aromatic carbocycles. The van der Waals surface area contributed by atoms with E-state index in [2.05, 4.69) is 68.8 Å². The van der Waals surface area contributed by atoms with Gasteiger partial charge in [0, 0.05) is 30.4 Å². The van der Waals surface area contributed by atoms with Crippen LogP contribution in [0.2, 0.25) is 0 Å². The molecule has 5 rings (SSSR count). The zero-order valence-electron chi connectivity index (χ0n) is 19.1. The molecule has 0 amide bonds. The number of hydrogen-bond acceptors (Lipinski definition) is 6. The third-order valence-corrected chi connectivity index (χ3v) is 6.36. The largest absolute Gasteiger partial charge is 0.438 e. The van der Waals surface area contributed by atoms with Crippen LogP contribution >= 0.6 is 0 Å². The lowest BCUT2D eigenvalue weighted by molar-refractivity contribution is 0.237. The molecule has 6 heteroatoms. The molecule has 6 nitrogen and oxygen atoms in total. The molecule has 2 aromatic heterocycles. The first-order chi connectivity index (χ1) is 16.3. The number of fused-ring (bicyclic) bond motifs is 1. The summed E-state index contributed by atoms with van der Waals surface area (Å²) in [6.07, 6.45) is 5.59. The molecule has 1 atom stereocenters. The summed E-state index contributed by atoms with van der Waals surface area (Å²) >= 11 is 0. The van der Waals surface area contributed by atoms with E-state index in [1.54, 1.807) is 6.33 Å². The molecule has 0 unspecified atom stereocenters. The van der Waals surface area contributed by atoms with Crippen molar-refractivity contribution in [2.75, 3.05) is 36.8 Å². The van der Waals surface area contributed by atoms with E-state index >= 15 is 0 Å². The predicted octanol–water partition coefficient (Wildman–Crippen LogP) is 5.96. The summed E-state index contributed by atoms with van der Waals surface area (Å²) in [4.78, 5) is 11.4. The molecule has 1 aliphatic heterocycles. The van der Waals surface area contributed by atoms with Crippen molar-refractivity contribution in [2.24, 2.45) is 0 Å². The molecule has 4 aromatic rings. The fourth-order valence-corrected chi connectivity index (χ4v) is 4.44. The van der Waals surface area contributed by atoms with Crippen molar-refractivity contribution in [1.82, 2.24) is 14.9 Å². The molecule has 1 aliphatic rings. The van der Waals surface area contributed by atoms with Crippen molar-refractivity contribution < 1.29 is 4.42 Å². The first-order valence-electron chi connectivity index (χ1n) is 11.9. The topological polar surface area (TPSA) is 66.2 Å². The molecule has 33 heavy (non-hydrogen) atoms. The molecule has 3 heterocycles. The van der Waals surface area contributed by atoms with E-state index in [0.29, 0.717) is 5.71 Å². The first-order valence-corrected chi connectivity index (χ1v) is 11.9. The van der Waals surface area contributed by atoms with Gasteiger partial charge in [-0.05, 0) is 68.8 Å². The van der Waals surface area contributed by atoms with Gasteiger partial charge in [-0.25, -0.2) is 9.97 Å². The van der Waals surface area contributed by atoms with Gasteiger partial charge in [-0.2, -0.15) is 0 Å². The minimum atomic E-state index is 0.123. The maximum atomic E-state index is 6.06. The van der Waals surface area contributed by atoms with Crippen LogP contribution in [0.1, 0.15) is 37.8 Å². The van der Waals surface area contributed by atoms with Crippen LogP contribution in [0.25, 0.3) is 22.4 Å². The summed E-state index contributed by atoms with van der Waals surface area (Å²) in [5.41, 5.74) is 3.95. The Morgan fingerprint density at radius 1 is 0.970 bits per heavy atom. The summed E-state index contributed by atoms with van der Waals surface area (Å²) in [7, 11) is 0. The van der Waals surface area contributed by atoms with Crippen molar-refractivity contribution >= 4 is 22.6 Å². The summed E-state index contributed by atoms with van der Waals surface area (Å²) in [6, 6.07) is 20.9. The molecule has 0 spiro atoms. The van der Waals surface area contributed by atoms with Crippen LogP contribution in [0, 0.1) is 0 Å². The Hall–Kier alpha value is -3.38. The Labute approximate surface area is 195 Å². The van der Waals surface area contributed by atoms with E-state index in [1.807, 2.05) is 24.3 Å². The molecule has 0 radical (unpaired) electrons. The highest BCUT2D eigenvalue weighted by atomic mass is 16.3. The summed E-state index contributed by atoms with van der Waals surface area (Å²) in [5.74, 6) is 1.57. The van der Waals surface area contributed by atoms with Gasteiger partial charge in [0.25, 0.3) is 0 Å². The van der Waals surface area contributed by atoms with Gasteiger partial charge >= 0.3 is 0 Å². The number of nitrogens with zero attached hydrogens (tertiary/aromatic N) is 3. The van der Waals surface area contributed by atoms with Gasteiger partial charge < -0.3 is 20.0 Å². The second-order valence-corrected chi connectivity index (χ2v) is 8.73. The number of likely N-dealkylation sites (tertiary alicyclic amines) is 1. The normalized spacial score (nSPS) is 15.4. The van der Waals surface area contributed by atoms with Crippen LogP contribution in [-0.4, -0.2) is 41.0 Å². The van der Waals surface area contributed by atoms with Gasteiger partial charge in [-0.1, -0.05) is 36.8 Å². The number of benzene rings is 2. The van der Waals surface area contributed by atoms with Crippen LogP contribution in [0.3, 0.4) is 0 Å². The van der Waals surface area contributed by atoms with Crippen molar-refractivity contribution in [2.45, 2.75) is 32.2 Å². The number of aromatic nitrogens is 2. The molecule has 2 N–H and O–H groups in total. The van der Waals surface area contributed by atoms with Gasteiger partial charge in [0.2, 0.25) is 5.71 Å². The zero-order chi connectivity index (χ0) is 22.5. The highest BCUT2D eigenvalue weighted by molar-refractivity contribution is 5.89. The monoisotopic (exact) mass is 441 g/mol. The Bertz CT molecular complexity index is 1170. The third kappa shape index (κ3) is 5.17. The lowest BCUT2D eigenvalue weighted by Gasteiger charge is -2.26. The minimum absolute atomic E-state index is 0.123. The fraction of sp³-hybridized carbons (Fsp3) is 0.333. The number of rotatable bonds is 8. The van der Waals surface area contributed by atoms with E-state index < -0.39 is 0 Å². The maximum Gasteiger partial charge on any atom is 0.231 e. The molecule has 1 saturated heterocycles. The van der Waals surface area contributed by atoms with E-state index in [4.69, 9.17) is 4.42 Å². The number of anilines is 2. The second-order valence-electron chi connectivity index (χ2n) is 8.73. The van der Waals surface area contributed by atoms with Gasteiger partial charge in [0.05, 0.1) is 5.39 Å². The average Bonchev–Trinajstić information content (AvgIpc) is 3.31. The Morgan fingerprint density at radius 3 is 2.55 bits per heavy atom. The second kappa shape index (κ2) is 10.0. The van der Waals surface area contributed by atoms with Crippen molar-refractivity contribution in [3.8, 4) is 11.3 Å². The third-order valence-electron chi connectivity index (χ3n) is 6.36. The predicted molar refractivity (Wildman–Crippen MR) is 135 cm³/mol. The minimum Gasteiger partial charge on any atom is -0.438 e. The molecular weight excluding hydrogens is 410 g/mol. The lowest BCUT2D eigenvalue weighted by Crippen LogP contribution is -2.33. The SMILES string of the molecule is C[C@@H](Nc1ncnc2oc(-c3ccc(NCCN4CCCCC4)cc3)cc12)c1ccccc1. The smallest absolute Gasteiger partial charge is 0.231 e. The van der Waals surface area contributed by atoms with Gasteiger partial charge in [-0.15, -0.1) is 0 Å². The highest BCUT2D eigenvalue weighted by Gasteiger charge is 2.14. The summed E-state index contributed by atoms with van der Waals surface area (Å²) < 4.78 is 6.06. The summed E-state index contributed by atoms with van der Waals surface area (Å²) in [6.45, 7) is 6.66. The zero-order valence-corrected chi connectivity index (χ0v) is 19.1. The van der Waals surface area contributed by atoms with Crippen LogP contribution in [0.4, 0.5) is 11.5 Å².